The van der Waals surface area contributed by atoms with Crippen molar-refractivity contribution in [2.45, 2.75) is 62.4 Å². The number of methoxy groups -OCH3 is 1. The molecule has 16 heteroatoms. The van der Waals surface area contributed by atoms with E-state index in [0.717, 1.165) is 22.3 Å². The molecule has 1 N–H and O–H groups in total. The number of carbonyl (C=O) groups excluding carboxylic acids is 2. The summed E-state index contributed by atoms with van der Waals surface area (Å²) in [7, 11) is -3.01. The average Bonchev–Trinajstić information content (AvgIpc) is 3.71. The van der Waals surface area contributed by atoms with Gasteiger partial charge < -0.3 is 9.47 Å². The summed E-state index contributed by atoms with van der Waals surface area (Å²) in [5, 5.41) is 5.75. The highest BCUT2D eigenvalue weighted by molar-refractivity contribution is 7.90. The van der Waals surface area contributed by atoms with Crippen molar-refractivity contribution in [1.82, 2.24) is 19.5 Å². The Morgan fingerprint density at radius 1 is 1.04 bits per heavy atom. The lowest BCUT2D eigenvalue weighted by molar-refractivity contribution is -0.275. The van der Waals surface area contributed by atoms with Gasteiger partial charge in [-0.1, -0.05) is 45.0 Å². The molecule has 0 bridgehead atoms. The molecule has 0 fully saturated rings. The van der Waals surface area contributed by atoms with Crippen molar-refractivity contribution in [3.05, 3.63) is 89.7 Å². The van der Waals surface area contributed by atoms with Gasteiger partial charge >= 0.3 is 6.36 Å². The van der Waals surface area contributed by atoms with E-state index < -0.39 is 44.9 Å². The Balaban J connectivity index is 1.94. The Bertz CT molecular complexity index is 1760. The van der Waals surface area contributed by atoms with Gasteiger partial charge in [-0.2, -0.15) is 5.10 Å². The largest absolute Gasteiger partial charge is 0.573 e. The van der Waals surface area contributed by atoms with Crippen LogP contribution in [0.5, 0.6) is 5.75 Å². The summed E-state index contributed by atoms with van der Waals surface area (Å²) in [6.45, 7) is 4.85. The summed E-state index contributed by atoms with van der Waals surface area (Å²) in [6, 6.07) is 12.4. The number of sulfonamides is 1. The second-order valence-corrected chi connectivity index (χ2v) is 14.1. The lowest BCUT2D eigenvalue weighted by Gasteiger charge is -2.41. The smallest absolute Gasteiger partial charge is 0.405 e. The Morgan fingerprint density at radius 3 is 2.34 bits per heavy atom. The maximum Gasteiger partial charge on any atom is 0.573 e. The van der Waals surface area contributed by atoms with Gasteiger partial charge in [0, 0.05) is 43.3 Å². The van der Waals surface area contributed by atoms with Crippen molar-refractivity contribution in [1.29, 1.82) is 0 Å². The minimum Gasteiger partial charge on any atom is -0.405 e. The van der Waals surface area contributed by atoms with Crippen molar-refractivity contribution >= 4 is 38.3 Å². The first kappa shape index (κ1) is 35.6. The molecule has 0 aliphatic rings. The third-order valence-corrected chi connectivity index (χ3v) is 9.23. The number of amides is 2. The molecule has 0 saturated carbocycles. The molecule has 0 spiro atoms. The van der Waals surface area contributed by atoms with E-state index in [1.807, 2.05) is 0 Å². The van der Waals surface area contributed by atoms with Crippen molar-refractivity contribution in [2.24, 2.45) is 0 Å². The molecule has 2 amide bonds. The van der Waals surface area contributed by atoms with Crippen LogP contribution in [0.15, 0.2) is 83.5 Å². The fourth-order valence-electron chi connectivity index (χ4n) is 5.00. The van der Waals surface area contributed by atoms with Gasteiger partial charge in [-0.05, 0) is 54.2 Å². The van der Waals surface area contributed by atoms with Crippen LogP contribution < -0.4 is 14.4 Å². The number of thiazole rings is 1. The number of benzene rings is 2. The van der Waals surface area contributed by atoms with Gasteiger partial charge in [-0.3, -0.25) is 19.2 Å². The topological polar surface area (TPSA) is 133 Å². The zero-order valence-corrected chi connectivity index (χ0v) is 27.7. The van der Waals surface area contributed by atoms with Crippen LogP contribution in [0.1, 0.15) is 49.5 Å². The molecule has 2 aromatic carbocycles. The van der Waals surface area contributed by atoms with Gasteiger partial charge in [-0.25, -0.2) is 18.1 Å². The van der Waals surface area contributed by atoms with Crippen LogP contribution in [0.3, 0.4) is 0 Å². The molecule has 0 saturated heterocycles. The van der Waals surface area contributed by atoms with Gasteiger partial charge in [0.2, 0.25) is 0 Å². The molecule has 0 aliphatic carbocycles. The van der Waals surface area contributed by atoms with Crippen LogP contribution in [-0.2, 0) is 31.5 Å². The number of anilines is 1. The number of halogens is 3. The van der Waals surface area contributed by atoms with E-state index >= 15 is 0 Å². The maximum atomic E-state index is 14.6. The molecule has 0 radical (unpaired) electrons. The maximum absolute atomic E-state index is 14.6. The van der Waals surface area contributed by atoms with Gasteiger partial charge in [0.1, 0.15) is 11.3 Å². The quantitative estimate of drug-likeness (QED) is 0.180. The molecule has 0 aliphatic heterocycles. The summed E-state index contributed by atoms with van der Waals surface area (Å²) in [6.07, 6.45) is -0.701. The predicted octanol–water partition coefficient (Wildman–Crippen LogP) is 5.55. The monoisotopic (exact) mass is 693 g/mol. The van der Waals surface area contributed by atoms with Crippen LogP contribution in [-0.4, -0.2) is 60.6 Å². The summed E-state index contributed by atoms with van der Waals surface area (Å²) < 4.78 is 80.6. The number of nitrogens with zero attached hydrogens (tertiary/aromatic N) is 4. The summed E-state index contributed by atoms with van der Waals surface area (Å²) in [4.78, 5) is 34.3. The molecule has 47 heavy (non-hydrogen) atoms. The lowest BCUT2D eigenvalue weighted by atomic mass is 9.85. The summed E-state index contributed by atoms with van der Waals surface area (Å²) >= 11 is 0.978. The second-order valence-electron chi connectivity index (χ2n) is 11.5. The first-order chi connectivity index (χ1) is 22.1. The highest BCUT2D eigenvalue weighted by Gasteiger charge is 2.50. The van der Waals surface area contributed by atoms with Crippen LogP contribution in [0.4, 0.5) is 18.3 Å². The van der Waals surface area contributed by atoms with Gasteiger partial charge in [0.15, 0.2) is 5.13 Å². The van der Waals surface area contributed by atoms with Crippen LogP contribution in [0, 0.1) is 0 Å². The van der Waals surface area contributed by atoms with Crippen molar-refractivity contribution in [3.63, 3.8) is 0 Å². The molecule has 11 nitrogen and oxygen atoms in total. The highest BCUT2D eigenvalue weighted by Crippen LogP contribution is 2.38. The molecule has 2 aromatic heterocycles. The van der Waals surface area contributed by atoms with E-state index in [1.54, 1.807) is 38.3 Å². The normalized spacial score (nSPS) is 13.5. The van der Waals surface area contributed by atoms with E-state index in [4.69, 9.17) is 4.74 Å². The molecule has 1 atom stereocenters. The Labute approximate surface area is 274 Å². The number of alkyl halides is 3. The first-order valence-corrected chi connectivity index (χ1v) is 16.7. The third-order valence-electron chi connectivity index (χ3n) is 7.13. The zero-order chi connectivity index (χ0) is 34.5. The van der Waals surface area contributed by atoms with E-state index in [1.165, 1.54) is 66.8 Å². The third kappa shape index (κ3) is 8.55. The molecule has 4 rings (SSSR count). The Hall–Kier alpha value is -4.28. The Morgan fingerprint density at radius 2 is 1.77 bits per heavy atom. The first-order valence-electron chi connectivity index (χ1n) is 14.3. The number of ether oxygens (including phenoxy) is 2. The molecule has 4 aromatic rings. The van der Waals surface area contributed by atoms with Crippen LogP contribution >= 0.6 is 11.3 Å². The highest BCUT2D eigenvalue weighted by atomic mass is 32.2. The number of hydrogen-bond donors (Lipinski definition) is 1. The number of carbonyl (C=O) groups is 2. The number of rotatable bonds is 13. The molecule has 1 unspecified atom stereocenters. The molecular weight excluding hydrogens is 659 g/mol. The standard InChI is InChI=1S/C31H34F3N5O6S2/c1-29(2,3)24-13-12-22(20-25(24)45-31(32,33)34)26(40)39(28-35-16-19-46-28)30(14-8-18-44-4,21-38-17-9-15-36-38)27(41)37-47(42,43)23-10-6-5-7-11-23/h5-7,9-13,15-17,19-20H,8,14,18,21H2,1-4H3,(H,37,41). The van der Waals surface area contributed by atoms with Crippen molar-refractivity contribution in [2.75, 3.05) is 18.6 Å². The van der Waals surface area contributed by atoms with Crippen molar-refractivity contribution in [3.8, 4) is 5.75 Å². The number of nitrogens with one attached hydrogen (secondary N) is 1. The van der Waals surface area contributed by atoms with Gasteiger partial charge in [0.05, 0.1) is 11.4 Å². The fraction of sp³-hybridized carbons (Fsp3) is 0.355. The van der Waals surface area contributed by atoms with Crippen molar-refractivity contribution < 1.29 is 40.7 Å². The summed E-state index contributed by atoms with van der Waals surface area (Å²) in [5.74, 6) is -2.61. The minimum absolute atomic E-state index is 0.00924. The SMILES string of the molecule is COCCCC(Cn1cccn1)(C(=O)NS(=O)(=O)c1ccccc1)N(C(=O)c1ccc(C(C)(C)C)c(OC(F)(F)F)c1)c1nccs1. The van der Waals surface area contributed by atoms with E-state index in [0.29, 0.717) is 0 Å². The van der Waals surface area contributed by atoms with E-state index in [9.17, 15) is 31.2 Å². The van der Waals surface area contributed by atoms with Gasteiger partial charge in [-0.15, -0.1) is 24.5 Å². The second kappa shape index (κ2) is 14.2. The zero-order valence-electron chi connectivity index (χ0n) is 26.0. The number of aromatic nitrogens is 3. The fourth-order valence-corrected chi connectivity index (χ4v) is 6.79. The van der Waals surface area contributed by atoms with E-state index in [2.05, 4.69) is 19.5 Å². The van der Waals surface area contributed by atoms with Gasteiger partial charge in [0.25, 0.3) is 21.8 Å². The molecule has 2 heterocycles. The Kier molecular flexibility index (Phi) is 10.8. The van der Waals surface area contributed by atoms with Crippen LogP contribution in [0.25, 0.3) is 0 Å². The average molecular weight is 694 g/mol. The lowest BCUT2D eigenvalue weighted by Crippen LogP contribution is -2.64. The summed E-state index contributed by atoms with van der Waals surface area (Å²) in [5.41, 5.74) is -2.92. The number of hydrogen-bond acceptors (Lipinski definition) is 9. The molecule has 252 valence electrons. The molecular formula is C31H34F3N5O6S2. The predicted molar refractivity (Wildman–Crippen MR) is 169 cm³/mol. The van der Waals surface area contributed by atoms with E-state index in [-0.39, 0.29) is 47.1 Å². The minimum atomic E-state index is -5.06. The van der Waals surface area contributed by atoms with Crippen LogP contribution in [0.2, 0.25) is 0 Å².